The molecule has 0 aromatic heterocycles. The van der Waals surface area contributed by atoms with Crippen molar-refractivity contribution in [3.63, 3.8) is 0 Å². The van der Waals surface area contributed by atoms with Crippen molar-refractivity contribution < 1.29 is 22.5 Å². The first-order valence-electron chi connectivity index (χ1n) is 7.52. The molecule has 2 N–H and O–H groups in total. The van der Waals surface area contributed by atoms with E-state index >= 15 is 0 Å². The lowest BCUT2D eigenvalue weighted by atomic mass is 10.2. The molecule has 2 aromatic rings. The Kier molecular flexibility index (Phi) is 5.94. The molecule has 1 amide bonds. The number of nitrogens with one attached hydrogen (secondary N) is 1. The fraction of sp³-hybridized carbons (Fsp3) is 0.235. The van der Waals surface area contributed by atoms with E-state index in [2.05, 4.69) is 12.2 Å². The summed E-state index contributed by atoms with van der Waals surface area (Å²) in [6, 6.07) is 12.0. The standard InChI is InChI=1S/C17H19NO5S/c1-2-3-12-23-15-8-4-13(5-9-15)17(19)18-14-6-10-16(11-7-14)24(20,21)22/h4-11H,2-3,12H2,1H3,(H,18,19)(H,20,21,22). The van der Waals surface area contributed by atoms with Gasteiger partial charge in [-0.25, -0.2) is 0 Å². The second-order valence-corrected chi connectivity index (χ2v) is 6.60. The maximum Gasteiger partial charge on any atom is 0.294 e. The van der Waals surface area contributed by atoms with Gasteiger partial charge >= 0.3 is 0 Å². The third-order valence-corrected chi connectivity index (χ3v) is 4.16. The number of unbranched alkanes of at least 4 members (excludes halogenated alkanes) is 1. The van der Waals surface area contributed by atoms with Crippen molar-refractivity contribution in [2.75, 3.05) is 11.9 Å². The van der Waals surface area contributed by atoms with Crippen molar-refractivity contribution >= 4 is 21.7 Å². The van der Waals surface area contributed by atoms with Crippen LogP contribution in [-0.4, -0.2) is 25.5 Å². The second-order valence-electron chi connectivity index (χ2n) is 5.18. The minimum Gasteiger partial charge on any atom is -0.494 e. The maximum absolute atomic E-state index is 12.1. The predicted molar refractivity (Wildman–Crippen MR) is 91.1 cm³/mol. The summed E-state index contributed by atoms with van der Waals surface area (Å²) in [6.07, 6.45) is 2.03. The molecule has 0 saturated heterocycles. The fourth-order valence-corrected chi connectivity index (χ4v) is 2.43. The number of hydrogen-bond acceptors (Lipinski definition) is 4. The van der Waals surface area contributed by atoms with Crippen molar-refractivity contribution in [2.45, 2.75) is 24.7 Å². The highest BCUT2D eigenvalue weighted by molar-refractivity contribution is 7.85. The SMILES string of the molecule is CCCCOc1ccc(C(=O)Nc2ccc(S(=O)(=O)O)cc2)cc1. The lowest BCUT2D eigenvalue weighted by molar-refractivity contribution is 0.102. The lowest BCUT2D eigenvalue weighted by Crippen LogP contribution is -2.12. The molecule has 0 spiro atoms. The Morgan fingerprint density at radius 2 is 1.71 bits per heavy atom. The van der Waals surface area contributed by atoms with E-state index in [9.17, 15) is 13.2 Å². The molecular weight excluding hydrogens is 330 g/mol. The van der Waals surface area contributed by atoms with Crippen LogP contribution in [-0.2, 0) is 10.1 Å². The van der Waals surface area contributed by atoms with Crippen LogP contribution in [0.1, 0.15) is 30.1 Å². The van der Waals surface area contributed by atoms with Crippen LogP contribution in [0, 0.1) is 0 Å². The molecule has 2 aromatic carbocycles. The summed E-state index contributed by atoms with van der Waals surface area (Å²) in [5.41, 5.74) is 0.882. The molecule has 0 heterocycles. The first-order valence-corrected chi connectivity index (χ1v) is 8.96. The fourth-order valence-electron chi connectivity index (χ4n) is 1.95. The van der Waals surface area contributed by atoms with Gasteiger partial charge in [-0.3, -0.25) is 9.35 Å². The van der Waals surface area contributed by atoms with Crippen molar-refractivity contribution in [2.24, 2.45) is 0 Å². The molecule has 0 atom stereocenters. The van der Waals surface area contributed by atoms with Gasteiger partial charge in [0, 0.05) is 11.3 Å². The second kappa shape index (κ2) is 7.94. The van der Waals surface area contributed by atoms with Gasteiger partial charge in [-0.15, -0.1) is 0 Å². The van der Waals surface area contributed by atoms with E-state index in [0.29, 0.717) is 23.6 Å². The van der Waals surface area contributed by atoms with Crippen LogP contribution in [0.25, 0.3) is 0 Å². The Hall–Kier alpha value is -2.38. The van der Waals surface area contributed by atoms with E-state index in [1.165, 1.54) is 24.3 Å². The van der Waals surface area contributed by atoms with E-state index < -0.39 is 10.1 Å². The summed E-state index contributed by atoms with van der Waals surface area (Å²) in [7, 11) is -4.24. The van der Waals surface area contributed by atoms with E-state index in [0.717, 1.165) is 12.8 Å². The zero-order valence-electron chi connectivity index (χ0n) is 13.2. The van der Waals surface area contributed by atoms with Crippen LogP contribution < -0.4 is 10.1 Å². The number of carbonyl (C=O) groups excluding carboxylic acids is 1. The normalized spacial score (nSPS) is 11.1. The highest BCUT2D eigenvalue weighted by atomic mass is 32.2. The Labute approximate surface area is 141 Å². The summed E-state index contributed by atoms with van der Waals surface area (Å²) in [5, 5.41) is 2.65. The van der Waals surface area contributed by atoms with E-state index in [1.807, 2.05) is 0 Å². The molecule has 128 valence electrons. The zero-order chi connectivity index (χ0) is 17.6. The molecule has 6 nitrogen and oxygen atoms in total. The molecule has 0 unspecified atom stereocenters. The predicted octanol–water partition coefficient (Wildman–Crippen LogP) is 3.36. The molecule has 0 fully saturated rings. The molecular formula is C17H19NO5S. The van der Waals surface area contributed by atoms with E-state index in [4.69, 9.17) is 9.29 Å². The van der Waals surface area contributed by atoms with Gasteiger partial charge in [0.1, 0.15) is 5.75 Å². The highest BCUT2D eigenvalue weighted by Crippen LogP contribution is 2.16. The van der Waals surface area contributed by atoms with E-state index in [-0.39, 0.29) is 10.8 Å². The van der Waals surface area contributed by atoms with Gasteiger partial charge in [0.05, 0.1) is 11.5 Å². The molecule has 2 rings (SSSR count). The van der Waals surface area contributed by atoms with Crippen LogP contribution in [0.15, 0.2) is 53.4 Å². The molecule has 0 saturated carbocycles. The van der Waals surface area contributed by atoms with Gasteiger partial charge in [0.25, 0.3) is 16.0 Å². The third-order valence-electron chi connectivity index (χ3n) is 3.29. The van der Waals surface area contributed by atoms with Crippen molar-refractivity contribution in [1.29, 1.82) is 0 Å². The molecule has 0 aliphatic heterocycles. The molecule has 0 radical (unpaired) electrons. The van der Waals surface area contributed by atoms with Crippen molar-refractivity contribution in [3.05, 3.63) is 54.1 Å². The van der Waals surface area contributed by atoms with Gasteiger partial charge < -0.3 is 10.1 Å². The van der Waals surface area contributed by atoms with Gasteiger partial charge in [0.2, 0.25) is 0 Å². The largest absolute Gasteiger partial charge is 0.494 e. The van der Waals surface area contributed by atoms with E-state index in [1.54, 1.807) is 24.3 Å². The minimum absolute atomic E-state index is 0.228. The first kappa shape index (κ1) is 18.0. The van der Waals surface area contributed by atoms with Gasteiger partial charge in [-0.1, -0.05) is 13.3 Å². The number of rotatable bonds is 7. The average molecular weight is 349 g/mol. The number of benzene rings is 2. The number of hydrogen-bond donors (Lipinski definition) is 2. The van der Waals surface area contributed by atoms with Crippen molar-refractivity contribution in [1.82, 2.24) is 0 Å². The monoisotopic (exact) mass is 349 g/mol. The smallest absolute Gasteiger partial charge is 0.294 e. The number of ether oxygens (including phenoxy) is 1. The molecule has 24 heavy (non-hydrogen) atoms. The molecule has 0 bridgehead atoms. The average Bonchev–Trinajstić information content (AvgIpc) is 2.55. The van der Waals surface area contributed by atoms with Crippen LogP contribution in [0.3, 0.4) is 0 Å². The van der Waals surface area contributed by atoms with Crippen LogP contribution in [0.2, 0.25) is 0 Å². The Morgan fingerprint density at radius 1 is 1.08 bits per heavy atom. The number of amides is 1. The van der Waals surface area contributed by atoms with Gasteiger partial charge in [0.15, 0.2) is 0 Å². The highest BCUT2D eigenvalue weighted by Gasteiger charge is 2.10. The summed E-state index contributed by atoms with van der Waals surface area (Å²) >= 11 is 0. The third kappa shape index (κ3) is 5.07. The van der Waals surface area contributed by atoms with Crippen LogP contribution in [0.4, 0.5) is 5.69 Å². The Morgan fingerprint density at radius 3 is 2.25 bits per heavy atom. The number of carbonyl (C=O) groups is 1. The molecule has 0 aliphatic rings. The molecule has 0 aliphatic carbocycles. The van der Waals surface area contributed by atoms with Crippen LogP contribution >= 0.6 is 0 Å². The summed E-state index contributed by atoms with van der Waals surface area (Å²) in [5.74, 6) is 0.382. The minimum atomic E-state index is -4.24. The lowest BCUT2D eigenvalue weighted by Gasteiger charge is -2.08. The van der Waals surface area contributed by atoms with Gasteiger partial charge in [-0.2, -0.15) is 8.42 Å². The Bertz CT molecular complexity index is 783. The van der Waals surface area contributed by atoms with Gasteiger partial charge in [-0.05, 0) is 55.0 Å². The quantitative estimate of drug-likeness (QED) is 0.590. The summed E-state index contributed by atoms with van der Waals surface area (Å²) < 4.78 is 36.4. The summed E-state index contributed by atoms with van der Waals surface area (Å²) in [4.78, 5) is 11.9. The Balaban J connectivity index is 1.99. The maximum atomic E-state index is 12.1. The summed E-state index contributed by atoms with van der Waals surface area (Å²) in [6.45, 7) is 2.72. The van der Waals surface area contributed by atoms with Crippen molar-refractivity contribution in [3.8, 4) is 5.75 Å². The molecule has 7 heteroatoms. The first-order chi connectivity index (χ1) is 11.4. The topological polar surface area (TPSA) is 92.7 Å². The zero-order valence-corrected chi connectivity index (χ0v) is 14.0. The number of anilines is 1. The van der Waals surface area contributed by atoms with Crippen LogP contribution in [0.5, 0.6) is 5.75 Å².